The minimum atomic E-state index is -3.50. The van der Waals surface area contributed by atoms with Crippen LogP contribution in [-0.2, 0) is 16.6 Å². The number of hydrogen-bond acceptors (Lipinski definition) is 4. The van der Waals surface area contributed by atoms with Gasteiger partial charge in [-0.05, 0) is 31.0 Å². The highest BCUT2D eigenvalue weighted by atomic mass is 32.2. The first-order valence-corrected chi connectivity index (χ1v) is 8.89. The first-order valence-electron chi connectivity index (χ1n) is 7.41. The van der Waals surface area contributed by atoms with Crippen molar-refractivity contribution >= 4 is 10.0 Å². The van der Waals surface area contributed by atoms with Crippen LogP contribution < -0.4 is 10.0 Å². The van der Waals surface area contributed by atoms with Crippen LogP contribution in [0.15, 0.2) is 21.6 Å². The van der Waals surface area contributed by atoms with E-state index in [0.717, 1.165) is 13.0 Å². The predicted molar refractivity (Wildman–Crippen MR) is 77.9 cm³/mol. The molecule has 2 rings (SSSR count). The van der Waals surface area contributed by atoms with Crippen molar-refractivity contribution in [3.63, 3.8) is 0 Å². The topological polar surface area (TPSA) is 71.3 Å². The van der Waals surface area contributed by atoms with E-state index in [1.54, 1.807) is 6.07 Å². The molecule has 1 aliphatic carbocycles. The Balaban J connectivity index is 1.83. The molecule has 1 aliphatic rings. The van der Waals surface area contributed by atoms with Crippen molar-refractivity contribution in [1.29, 1.82) is 0 Å². The van der Waals surface area contributed by atoms with Crippen LogP contribution in [0.25, 0.3) is 0 Å². The van der Waals surface area contributed by atoms with Crippen LogP contribution in [0.5, 0.6) is 0 Å². The lowest BCUT2D eigenvalue weighted by Crippen LogP contribution is -2.25. The van der Waals surface area contributed by atoms with Gasteiger partial charge in [0, 0.05) is 6.54 Å². The molecule has 1 saturated carbocycles. The first-order chi connectivity index (χ1) is 9.62. The number of rotatable bonds is 8. The van der Waals surface area contributed by atoms with Gasteiger partial charge in [-0.1, -0.05) is 32.6 Å². The summed E-state index contributed by atoms with van der Waals surface area (Å²) in [6.07, 6.45) is 5.95. The molecule has 0 bridgehead atoms. The largest absolute Gasteiger partial charge is 0.447 e. The minimum Gasteiger partial charge on any atom is -0.447 e. The molecule has 20 heavy (non-hydrogen) atoms. The van der Waals surface area contributed by atoms with Gasteiger partial charge in [-0.15, -0.1) is 0 Å². The van der Waals surface area contributed by atoms with Gasteiger partial charge in [-0.25, -0.2) is 13.1 Å². The second-order valence-corrected chi connectivity index (χ2v) is 7.04. The summed E-state index contributed by atoms with van der Waals surface area (Å²) in [5.74, 6) is 1.32. The SMILES string of the molecule is CCNCc1ccc(S(=O)(=O)NCCC2CCCC2)o1. The molecule has 1 fully saturated rings. The van der Waals surface area contributed by atoms with Crippen molar-refractivity contribution in [2.45, 2.75) is 50.7 Å². The molecule has 0 aliphatic heterocycles. The Morgan fingerprint density at radius 3 is 2.75 bits per heavy atom. The van der Waals surface area contributed by atoms with Crippen molar-refractivity contribution < 1.29 is 12.8 Å². The molecule has 114 valence electrons. The minimum absolute atomic E-state index is 0.0109. The predicted octanol–water partition coefficient (Wildman–Crippen LogP) is 2.25. The van der Waals surface area contributed by atoms with Gasteiger partial charge in [-0.3, -0.25) is 0 Å². The van der Waals surface area contributed by atoms with Crippen LogP contribution in [0.2, 0.25) is 0 Å². The summed E-state index contributed by atoms with van der Waals surface area (Å²) in [6.45, 7) is 3.86. The van der Waals surface area contributed by atoms with E-state index >= 15 is 0 Å². The summed E-state index contributed by atoms with van der Waals surface area (Å²) in [5.41, 5.74) is 0. The summed E-state index contributed by atoms with van der Waals surface area (Å²) < 4.78 is 32.1. The van der Waals surface area contributed by atoms with Gasteiger partial charge in [0.15, 0.2) is 0 Å². The van der Waals surface area contributed by atoms with E-state index in [0.29, 0.717) is 24.8 Å². The number of sulfonamides is 1. The van der Waals surface area contributed by atoms with Gasteiger partial charge in [0.05, 0.1) is 6.54 Å². The van der Waals surface area contributed by atoms with E-state index in [2.05, 4.69) is 10.0 Å². The maximum Gasteiger partial charge on any atom is 0.273 e. The molecular weight excluding hydrogens is 276 g/mol. The molecule has 6 heteroatoms. The normalized spacial score (nSPS) is 16.9. The van der Waals surface area contributed by atoms with Crippen molar-refractivity contribution in [2.24, 2.45) is 5.92 Å². The van der Waals surface area contributed by atoms with Gasteiger partial charge >= 0.3 is 0 Å². The molecule has 0 saturated heterocycles. The molecule has 5 nitrogen and oxygen atoms in total. The van der Waals surface area contributed by atoms with E-state index in [-0.39, 0.29) is 5.09 Å². The summed E-state index contributed by atoms with van der Waals surface area (Å²) in [5, 5.41) is 3.11. The third kappa shape index (κ3) is 4.33. The molecule has 0 amide bonds. The molecule has 0 unspecified atom stereocenters. The van der Waals surface area contributed by atoms with Crippen molar-refractivity contribution in [3.05, 3.63) is 17.9 Å². The fraction of sp³-hybridized carbons (Fsp3) is 0.714. The zero-order chi connectivity index (χ0) is 14.4. The van der Waals surface area contributed by atoms with Crippen LogP contribution >= 0.6 is 0 Å². The Morgan fingerprint density at radius 2 is 2.05 bits per heavy atom. The van der Waals surface area contributed by atoms with Gasteiger partial charge < -0.3 is 9.73 Å². The Bertz CT molecular complexity index is 504. The third-order valence-corrected chi connectivity index (χ3v) is 5.10. The van der Waals surface area contributed by atoms with E-state index in [4.69, 9.17) is 4.42 Å². The monoisotopic (exact) mass is 300 g/mol. The maximum absolute atomic E-state index is 12.1. The van der Waals surface area contributed by atoms with E-state index in [9.17, 15) is 8.42 Å². The summed E-state index contributed by atoms with van der Waals surface area (Å²) in [4.78, 5) is 0. The second-order valence-electron chi connectivity index (χ2n) is 5.34. The number of nitrogens with one attached hydrogen (secondary N) is 2. The molecule has 0 aromatic carbocycles. The Labute approximate surface area is 121 Å². The van der Waals surface area contributed by atoms with Gasteiger partial charge in [0.1, 0.15) is 5.76 Å². The molecule has 1 heterocycles. The molecule has 0 spiro atoms. The van der Waals surface area contributed by atoms with Crippen LogP contribution in [0.1, 0.15) is 44.8 Å². The van der Waals surface area contributed by atoms with Gasteiger partial charge in [-0.2, -0.15) is 0 Å². The Morgan fingerprint density at radius 1 is 1.30 bits per heavy atom. The highest BCUT2D eigenvalue weighted by Crippen LogP contribution is 2.27. The lowest BCUT2D eigenvalue weighted by atomic mass is 10.1. The smallest absolute Gasteiger partial charge is 0.273 e. The van der Waals surface area contributed by atoms with E-state index < -0.39 is 10.0 Å². The standard InChI is InChI=1S/C14H24N2O3S/c1-2-15-11-13-7-8-14(19-13)20(17,18)16-10-9-12-5-3-4-6-12/h7-8,12,15-16H,2-6,9-11H2,1H3. The second kappa shape index (κ2) is 7.24. The summed E-state index contributed by atoms with van der Waals surface area (Å²) in [7, 11) is -3.50. The molecule has 0 atom stereocenters. The van der Waals surface area contributed by atoms with E-state index in [1.807, 2.05) is 6.92 Å². The van der Waals surface area contributed by atoms with Crippen molar-refractivity contribution in [1.82, 2.24) is 10.0 Å². The molecular formula is C14H24N2O3S. The van der Waals surface area contributed by atoms with Crippen molar-refractivity contribution in [2.75, 3.05) is 13.1 Å². The highest BCUT2D eigenvalue weighted by Gasteiger charge is 2.20. The molecule has 2 N–H and O–H groups in total. The van der Waals surface area contributed by atoms with Crippen LogP contribution in [0, 0.1) is 5.92 Å². The quantitative estimate of drug-likeness (QED) is 0.772. The zero-order valence-corrected chi connectivity index (χ0v) is 12.8. The van der Waals surface area contributed by atoms with Crippen LogP contribution in [-0.4, -0.2) is 21.5 Å². The molecule has 1 aromatic heterocycles. The zero-order valence-electron chi connectivity index (χ0n) is 12.0. The first kappa shape index (κ1) is 15.5. The maximum atomic E-state index is 12.1. The van der Waals surface area contributed by atoms with Crippen LogP contribution in [0.4, 0.5) is 0 Å². The summed E-state index contributed by atoms with van der Waals surface area (Å²) in [6, 6.07) is 3.22. The fourth-order valence-corrected chi connectivity index (χ4v) is 3.61. The Hall–Kier alpha value is -0.850. The van der Waals surface area contributed by atoms with Gasteiger partial charge in [0.25, 0.3) is 10.0 Å². The number of furan rings is 1. The lowest BCUT2D eigenvalue weighted by molar-refractivity contribution is 0.400. The summed E-state index contributed by atoms with van der Waals surface area (Å²) >= 11 is 0. The van der Waals surface area contributed by atoms with Crippen LogP contribution in [0.3, 0.4) is 0 Å². The van der Waals surface area contributed by atoms with Crippen molar-refractivity contribution in [3.8, 4) is 0 Å². The third-order valence-electron chi connectivity index (χ3n) is 3.77. The highest BCUT2D eigenvalue weighted by molar-refractivity contribution is 7.89. The Kier molecular flexibility index (Phi) is 5.63. The molecule has 1 aromatic rings. The average molecular weight is 300 g/mol. The average Bonchev–Trinajstić information content (AvgIpc) is 3.07. The lowest BCUT2D eigenvalue weighted by Gasteiger charge is -2.09. The van der Waals surface area contributed by atoms with E-state index in [1.165, 1.54) is 31.7 Å². The molecule has 0 radical (unpaired) electrons. The number of hydrogen-bond donors (Lipinski definition) is 2. The fourth-order valence-electron chi connectivity index (χ4n) is 2.61. The van der Waals surface area contributed by atoms with Gasteiger partial charge in [0.2, 0.25) is 5.09 Å².